The fourth-order valence-corrected chi connectivity index (χ4v) is 1.60. The largest absolute Gasteiger partial charge is 0.395 e. The molecule has 1 heterocycles. The molecule has 0 unspecified atom stereocenters. The summed E-state index contributed by atoms with van der Waals surface area (Å²) in [4.78, 5) is 13.8. The predicted octanol–water partition coefficient (Wildman–Crippen LogP) is 0.787. The van der Waals surface area contributed by atoms with Crippen LogP contribution < -0.4 is 0 Å². The second kappa shape index (κ2) is 5.31. The lowest BCUT2D eigenvalue weighted by Crippen LogP contribution is -2.41. The number of carbonyl (C=O) groups excluding carboxylic acids is 1. The molecule has 1 rings (SSSR count). The Bertz CT molecular complexity index is 379. The van der Waals surface area contributed by atoms with Gasteiger partial charge in [0.25, 0.3) is 0 Å². The number of hydrogen-bond donors (Lipinski definition) is 1. The van der Waals surface area contributed by atoms with Gasteiger partial charge in [-0.1, -0.05) is 20.8 Å². The number of aliphatic hydroxyl groups is 1. The zero-order chi connectivity index (χ0) is 13.1. The van der Waals surface area contributed by atoms with Gasteiger partial charge in [-0.25, -0.2) is 0 Å². The smallest absolute Gasteiger partial charge is 0.228 e. The second-order valence-corrected chi connectivity index (χ2v) is 5.15. The minimum Gasteiger partial charge on any atom is -0.395 e. The lowest BCUT2D eigenvalue weighted by Gasteiger charge is -2.29. The minimum atomic E-state index is -0.437. The van der Waals surface area contributed by atoms with E-state index >= 15 is 0 Å². The summed E-state index contributed by atoms with van der Waals surface area (Å²) < 4.78 is 1.74. The molecule has 1 aromatic rings. The van der Waals surface area contributed by atoms with Gasteiger partial charge < -0.3 is 10.0 Å². The van der Waals surface area contributed by atoms with Crippen molar-refractivity contribution >= 4 is 5.91 Å². The number of amides is 1. The van der Waals surface area contributed by atoms with Crippen LogP contribution in [-0.4, -0.2) is 38.8 Å². The SMILES string of the molecule is Cn1nccc1CN(CCO)C(=O)C(C)(C)C. The van der Waals surface area contributed by atoms with Crippen LogP contribution in [0.4, 0.5) is 0 Å². The molecule has 0 aliphatic heterocycles. The first-order chi connectivity index (χ1) is 7.86. The maximum atomic E-state index is 12.2. The molecule has 0 aromatic carbocycles. The number of hydrogen-bond acceptors (Lipinski definition) is 3. The standard InChI is InChI=1S/C12H21N3O2/c1-12(2,3)11(17)15(7-8-16)9-10-5-6-13-14(10)4/h5-6,16H,7-9H2,1-4H3. The van der Waals surface area contributed by atoms with Crippen molar-refractivity contribution in [3.63, 3.8) is 0 Å². The van der Waals surface area contributed by atoms with Gasteiger partial charge in [0.1, 0.15) is 0 Å². The zero-order valence-corrected chi connectivity index (χ0v) is 11.0. The van der Waals surface area contributed by atoms with E-state index in [4.69, 9.17) is 5.11 Å². The molecule has 0 fully saturated rings. The Morgan fingerprint density at radius 2 is 2.18 bits per heavy atom. The highest BCUT2D eigenvalue weighted by molar-refractivity contribution is 5.81. The van der Waals surface area contributed by atoms with Crippen molar-refractivity contribution in [3.05, 3.63) is 18.0 Å². The topological polar surface area (TPSA) is 58.4 Å². The molecule has 5 heteroatoms. The molecule has 1 N–H and O–H groups in total. The molecule has 0 radical (unpaired) electrons. The van der Waals surface area contributed by atoms with Crippen molar-refractivity contribution in [2.45, 2.75) is 27.3 Å². The van der Waals surface area contributed by atoms with Crippen molar-refractivity contribution in [1.82, 2.24) is 14.7 Å². The number of nitrogens with zero attached hydrogens (tertiary/aromatic N) is 3. The van der Waals surface area contributed by atoms with Gasteiger partial charge in [0.2, 0.25) is 5.91 Å². The molecular formula is C12H21N3O2. The van der Waals surface area contributed by atoms with E-state index in [0.717, 1.165) is 5.69 Å². The number of aliphatic hydroxyl groups excluding tert-OH is 1. The molecule has 96 valence electrons. The van der Waals surface area contributed by atoms with Crippen molar-refractivity contribution in [3.8, 4) is 0 Å². The summed E-state index contributed by atoms with van der Waals surface area (Å²) in [5.41, 5.74) is 0.518. The lowest BCUT2D eigenvalue weighted by molar-refractivity contribution is -0.140. The van der Waals surface area contributed by atoms with E-state index in [1.54, 1.807) is 15.8 Å². The number of aromatic nitrogens is 2. The van der Waals surface area contributed by atoms with Crippen LogP contribution in [0.3, 0.4) is 0 Å². The molecule has 0 aliphatic carbocycles. The van der Waals surface area contributed by atoms with E-state index in [0.29, 0.717) is 13.1 Å². The van der Waals surface area contributed by atoms with Gasteiger partial charge in [-0.2, -0.15) is 5.10 Å². The second-order valence-electron chi connectivity index (χ2n) is 5.15. The molecule has 0 saturated carbocycles. The Hall–Kier alpha value is -1.36. The molecule has 0 atom stereocenters. The van der Waals surface area contributed by atoms with E-state index < -0.39 is 5.41 Å². The highest BCUT2D eigenvalue weighted by Crippen LogP contribution is 2.18. The summed E-state index contributed by atoms with van der Waals surface area (Å²) in [5.74, 6) is 0.0350. The van der Waals surface area contributed by atoms with Crippen LogP contribution in [0.15, 0.2) is 12.3 Å². The van der Waals surface area contributed by atoms with Crippen LogP contribution in [0.25, 0.3) is 0 Å². The summed E-state index contributed by atoms with van der Waals surface area (Å²) in [5, 5.41) is 13.1. The predicted molar refractivity (Wildman–Crippen MR) is 65.2 cm³/mol. The first-order valence-corrected chi connectivity index (χ1v) is 5.73. The van der Waals surface area contributed by atoms with E-state index in [9.17, 15) is 4.79 Å². The first kappa shape index (κ1) is 13.7. The Balaban J connectivity index is 2.80. The maximum Gasteiger partial charge on any atom is 0.228 e. The average Bonchev–Trinajstić information content (AvgIpc) is 2.61. The molecular weight excluding hydrogens is 218 g/mol. The van der Waals surface area contributed by atoms with Gasteiger partial charge in [0, 0.05) is 25.2 Å². The molecule has 17 heavy (non-hydrogen) atoms. The fourth-order valence-electron chi connectivity index (χ4n) is 1.60. The molecule has 1 amide bonds. The molecule has 0 saturated heterocycles. The molecule has 0 spiro atoms. The van der Waals surface area contributed by atoms with Crippen LogP contribution in [0.1, 0.15) is 26.5 Å². The third kappa shape index (κ3) is 3.56. The lowest BCUT2D eigenvalue weighted by atomic mass is 9.94. The van der Waals surface area contributed by atoms with Gasteiger partial charge in [-0.15, -0.1) is 0 Å². The van der Waals surface area contributed by atoms with Gasteiger partial charge in [0.15, 0.2) is 0 Å². The maximum absolute atomic E-state index is 12.2. The average molecular weight is 239 g/mol. The monoisotopic (exact) mass is 239 g/mol. The molecule has 0 aliphatic rings. The van der Waals surface area contributed by atoms with E-state index in [1.807, 2.05) is 33.9 Å². The fraction of sp³-hybridized carbons (Fsp3) is 0.667. The van der Waals surface area contributed by atoms with E-state index in [-0.39, 0.29) is 12.5 Å². The van der Waals surface area contributed by atoms with Crippen LogP contribution in [0.5, 0.6) is 0 Å². The molecule has 1 aromatic heterocycles. The van der Waals surface area contributed by atoms with E-state index in [1.165, 1.54) is 0 Å². The van der Waals surface area contributed by atoms with Crippen LogP contribution in [0, 0.1) is 5.41 Å². The highest BCUT2D eigenvalue weighted by atomic mass is 16.3. The Morgan fingerprint density at radius 1 is 1.53 bits per heavy atom. The van der Waals surface area contributed by atoms with Crippen LogP contribution in [-0.2, 0) is 18.4 Å². The number of carbonyl (C=O) groups is 1. The molecule has 0 bridgehead atoms. The summed E-state index contributed by atoms with van der Waals surface area (Å²) in [6.45, 7) is 6.43. The summed E-state index contributed by atoms with van der Waals surface area (Å²) in [6, 6.07) is 1.88. The third-order valence-corrected chi connectivity index (χ3v) is 2.57. The zero-order valence-electron chi connectivity index (χ0n) is 11.0. The summed E-state index contributed by atoms with van der Waals surface area (Å²) in [6.07, 6.45) is 1.70. The number of aryl methyl sites for hydroxylation is 1. The van der Waals surface area contributed by atoms with Crippen molar-refractivity contribution < 1.29 is 9.90 Å². The number of rotatable bonds is 4. The molecule has 5 nitrogen and oxygen atoms in total. The van der Waals surface area contributed by atoms with Gasteiger partial charge in [-0.05, 0) is 6.07 Å². The van der Waals surface area contributed by atoms with Crippen LogP contribution >= 0.6 is 0 Å². The van der Waals surface area contributed by atoms with Crippen molar-refractivity contribution in [2.75, 3.05) is 13.2 Å². The normalized spacial score (nSPS) is 11.6. The summed E-state index contributed by atoms with van der Waals surface area (Å²) >= 11 is 0. The van der Waals surface area contributed by atoms with Gasteiger partial charge in [-0.3, -0.25) is 9.48 Å². The first-order valence-electron chi connectivity index (χ1n) is 5.73. The Morgan fingerprint density at radius 3 is 2.59 bits per heavy atom. The van der Waals surface area contributed by atoms with Crippen LogP contribution in [0.2, 0.25) is 0 Å². The van der Waals surface area contributed by atoms with Crippen molar-refractivity contribution in [2.24, 2.45) is 12.5 Å². The summed E-state index contributed by atoms with van der Waals surface area (Å²) in [7, 11) is 1.84. The van der Waals surface area contributed by atoms with Gasteiger partial charge in [0.05, 0.1) is 18.8 Å². The van der Waals surface area contributed by atoms with Gasteiger partial charge >= 0.3 is 0 Å². The van der Waals surface area contributed by atoms with E-state index in [2.05, 4.69) is 5.10 Å². The third-order valence-electron chi connectivity index (χ3n) is 2.57. The Kier molecular flexibility index (Phi) is 4.28. The highest BCUT2D eigenvalue weighted by Gasteiger charge is 2.27. The quantitative estimate of drug-likeness (QED) is 0.845. The van der Waals surface area contributed by atoms with Crippen molar-refractivity contribution in [1.29, 1.82) is 0 Å². The Labute approximate surface area is 102 Å². The minimum absolute atomic E-state index is 0.0281.